The summed E-state index contributed by atoms with van der Waals surface area (Å²) in [5, 5.41) is 8.86. The Morgan fingerprint density at radius 2 is 1.24 bits per heavy atom. The molecule has 0 saturated heterocycles. The van der Waals surface area contributed by atoms with Crippen LogP contribution in [-0.4, -0.2) is 4.98 Å². The van der Waals surface area contributed by atoms with Crippen molar-refractivity contribution in [2.45, 2.75) is 12.1 Å². The van der Waals surface area contributed by atoms with E-state index in [4.69, 9.17) is 8.83 Å². The summed E-state index contributed by atoms with van der Waals surface area (Å²) in [4.78, 5) is 32.5. The van der Waals surface area contributed by atoms with Gasteiger partial charge in [-0.05, 0) is 76.9 Å². The molecule has 0 fully saturated rings. The Bertz CT molecular complexity index is 2870. The van der Waals surface area contributed by atoms with E-state index in [2.05, 4.69) is 76.3 Å². The number of rotatable bonds is 3. The van der Waals surface area contributed by atoms with Gasteiger partial charge in [0.15, 0.2) is 5.58 Å². The molecule has 238 valence electrons. The molecule has 7 heteroatoms. The minimum Gasteiger partial charge on any atom is -0.456 e. The largest absolute Gasteiger partial charge is 0.456 e. The normalized spacial score (nSPS) is 16.3. The van der Waals surface area contributed by atoms with Gasteiger partial charge < -0.3 is 19.5 Å². The Morgan fingerprint density at radius 1 is 0.560 bits per heavy atom. The minimum absolute atomic E-state index is 0.0508. The fourth-order valence-electron chi connectivity index (χ4n) is 7.23. The molecule has 0 spiro atoms. The number of pyridine rings is 1. The number of nitrogens with zero attached hydrogens (tertiary/aromatic N) is 1. The fourth-order valence-corrected chi connectivity index (χ4v) is 7.23. The van der Waals surface area contributed by atoms with Crippen LogP contribution in [-0.2, 0) is 0 Å². The number of anilines is 2. The lowest BCUT2D eigenvalue weighted by Crippen LogP contribution is -2.18. The van der Waals surface area contributed by atoms with Gasteiger partial charge in [-0.3, -0.25) is 14.6 Å². The minimum atomic E-state index is -0.253. The molecule has 50 heavy (non-hydrogen) atoms. The first-order chi connectivity index (χ1) is 24.6. The number of hydrogen-bond donors (Lipinski definition) is 2. The summed E-state index contributed by atoms with van der Waals surface area (Å²) < 4.78 is 12.6. The average molecular weight is 650 g/mol. The van der Waals surface area contributed by atoms with E-state index >= 15 is 0 Å². The highest BCUT2D eigenvalue weighted by molar-refractivity contribution is 6.07. The zero-order valence-corrected chi connectivity index (χ0v) is 26.5. The maximum absolute atomic E-state index is 14.3. The third-order valence-corrected chi connectivity index (χ3v) is 9.78. The summed E-state index contributed by atoms with van der Waals surface area (Å²) in [5.74, 6) is 0. The van der Waals surface area contributed by atoms with Crippen LogP contribution >= 0.6 is 0 Å². The lowest BCUT2D eigenvalue weighted by atomic mass is 9.93. The van der Waals surface area contributed by atoms with Gasteiger partial charge in [0.05, 0.1) is 45.3 Å². The van der Waals surface area contributed by atoms with Crippen molar-refractivity contribution in [1.82, 2.24) is 4.98 Å². The van der Waals surface area contributed by atoms with Crippen molar-refractivity contribution in [3.05, 3.63) is 170 Å². The highest BCUT2D eigenvalue weighted by Crippen LogP contribution is 2.42. The molecule has 0 amide bonds. The molecule has 8 aromatic rings. The molecule has 5 heterocycles. The Labute approximate surface area is 284 Å². The van der Waals surface area contributed by atoms with Gasteiger partial charge in [0.2, 0.25) is 10.9 Å². The maximum atomic E-state index is 14.3. The molecule has 0 saturated carbocycles. The fraction of sp³-hybridized carbons (Fsp3) is 0.0465. The molecule has 5 aromatic carbocycles. The van der Waals surface area contributed by atoms with E-state index in [0.29, 0.717) is 32.9 Å². The van der Waals surface area contributed by atoms with Crippen molar-refractivity contribution in [2.24, 2.45) is 0 Å². The second-order valence-corrected chi connectivity index (χ2v) is 12.7. The van der Waals surface area contributed by atoms with Gasteiger partial charge in [-0.1, -0.05) is 78.9 Å². The molecule has 3 aromatic heterocycles. The van der Waals surface area contributed by atoms with Crippen LogP contribution in [0, 0.1) is 0 Å². The van der Waals surface area contributed by atoms with E-state index in [-0.39, 0.29) is 33.9 Å². The van der Waals surface area contributed by atoms with E-state index in [1.165, 1.54) is 5.56 Å². The summed E-state index contributed by atoms with van der Waals surface area (Å²) >= 11 is 0. The number of fused-ring (bicyclic) bond motifs is 8. The molecular weight excluding hydrogens is 622 g/mol. The molecule has 2 aliphatic heterocycles. The molecule has 2 unspecified atom stereocenters. The number of aromatic nitrogens is 1. The van der Waals surface area contributed by atoms with Gasteiger partial charge in [-0.25, -0.2) is 0 Å². The van der Waals surface area contributed by atoms with Crippen LogP contribution in [0.3, 0.4) is 0 Å². The van der Waals surface area contributed by atoms with Gasteiger partial charge in [0.25, 0.3) is 0 Å². The molecule has 2 N–H and O–H groups in total. The molecule has 0 radical (unpaired) electrons. The monoisotopic (exact) mass is 649 g/mol. The second kappa shape index (κ2) is 10.9. The van der Waals surface area contributed by atoms with Gasteiger partial charge >= 0.3 is 0 Å². The Balaban J connectivity index is 1.06. The van der Waals surface area contributed by atoms with Crippen LogP contribution in [0.1, 0.15) is 34.3 Å². The second-order valence-electron chi connectivity index (χ2n) is 12.7. The van der Waals surface area contributed by atoms with Crippen molar-refractivity contribution in [3.8, 4) is 11.3 Å². The standard InChI is InChI=1S/C43H27N3O4/c47-41-29-15-20-37-38(43(29)50-36-19-13-27(22-30(36)41)32-8-4-5-21-44-32)42(48)31-23-28(14-18-35(31)49-37)34-17-12-26-10-9-25-11-16-33(24-6-2-1-3-7-24)45-39(25)40(26)46-34/h1-23,33-34,45-46H. The van der Waals surface area contributed by atoms with Crippen LogP contribution < -0.4 is 21.5 Å². The van der Waals surface area contributed by atoms with Crippen molar-refractivity contribution >= 4 is 67.4 Å². The molecule has 0 aliphatic carbocycles. The number of hydrogen-bond acceptors (Lipinski definition) is 7. The van der Waals surface area contributed by atoms with Crippen LogP contribution in [0.2, 0.25) is 0 Å². The van der Waals surface area contributed by atoms with Crippen molar-refractivity contribution in [1.29, 1.82) is 0 Å². The first kappa shape index (κ1) is 28.3. The SMILES string of the molecule is O=c1c2cc(-c3ccccn3)ccc2oc2c1ccc1oc3ccc(C4C=Cc5ccc6c(c5N4)NC(c4ccccc4)C=C6)cc3c(=O)c12. The Hall–Kier alpha value is -6.73. The van der Waals surface area contributed by atoms with Crippen molar-refractivity contribution in [2.75, 3.05) is 10.6 Å². The van der Waals surface area contributed by atoms with Crippen LogP contribution in [0.25, 0.3) is 67.3 Å². The van der Waals surface area contributed by atoms with Gasteiger partial charge in [0.1, 0.15) is 22.1 Å². The highest BCUT2D eigenvalue weighted by Gasteiger charge is 2.24. The van der Waals surface area contributed by atoms with E-state index < -0.39 is 0 Å². The maximum Gasteiger partial charge on any atom is 0.204 e. The molecule has 2 atom stereocenters. The van der Waals surface area contributed by atoms with E-state index in [1.54, 1.807) is 30.5 Å². The van der Waals surface area contributed by atoms with Crippen molar-refractivity contribution < 1.29 is 8.83 Å². The Morgan fingerprint density at radius 3 is 2.00 bits per heavy atom. The molecule has 7 nitrogen and oxygen atoms in total. The lowest BCUT2D eigenvalue weighted by Gasteiger charge is -2.30. The summed E-state index contributed by atoms with van der Waals surface area (Å²) in [6, 6.07) is 34.6. The molecular formula is C43H27N3O4. The van der Waals surface area contributed by atoms with E-state index in [1.807, 2.05) is 48.5 Å². The molecule has 2 aliphatic rings. The quantitative estimate of drug-likeness (QED) is 0.145. The van der Waals surface area contributed by atoms with Crippen LogP contribution in [0.4, 0.5) is 11.4 Å². The topological polar surface area (TPSA) is 97.4 Å². The van der Waals surface area contributed by atoms with Crippen LogP contribution in [0.15, 0.2) is 146 Å². The zero-order chi connectivity index (χ0) is 33.3. The summed E-state index contributed by atoms with van der Waals surface area (Å²) in [5.41, 5.74) is 8.86. The summed E-state index contributed by atoms with van der Waals surface area (Å²) in [7, 11) is 0. The first-order valence-corrected chi connectivity index (χ1v) is 16.5. The van der Waals surface area contributed by atoms with Gasteiger partial charge in [0, 0.05) is 11.8 Å². The lowest BCUT2D eigenvalue weighted by molar-refractivity contribution is 0.649. The average Bonchev–Trinajstić information content (AvgIpc) is 3.18. The molecule has 0 bridgehead atoms. The predicted octanol–water partition coefficient (Wildman–Crippen LogP) is 9.63. The summed E-state index contributed by atoms with van der Waals surface area (Å²) in [6.45, 7) is 0. The highest BCUT2D eigenvalue weighted by atomic mass is 16.3. The smallest absolute Gasteiger partial charge is 0.204 e. The first-order valence-electron chi connectivity index (χ1n) is 16.5. The summed E-state index contributed by atoms with van der Waals surface area (Å²) in [6.07, 6.45) is 10.3. The predicted molar refractivity (Wildman–Crippen MR) is 200 cm³/mol. The van der Waals surface area contributed by atoms with E-state index in [0.717, 1.165) is 39.3 Å². The third kappa shape index (κ3) is 4.40. The van der Waals surface area contributed by atoms with Crippen molar-refractivity contribution in [3.63, 3.8) is 0 Å². The Kier molecular flexibility index (Phi) is 6.17. The third-order valence-electron chi connectivity index (χ3n) is 9.78. The van der Waals surface area contributed by atoms with Crippen LogP contribution in [0.5, 0.6) is 0 Å². The molecule has 10 rings (SSSR count). The zero-order valence-electron chi connectivity index (χ0n) is 26.5. The number of nitrogens with one attached hydrogen (secondary N) is 2. The number of benzene rings is 5. The van der Waals surface area contributed by atoms with E-state index in [9.17, 15) is 9.59 Å². The van der Waals surface area contributed by atoms with Gasteiger partial charge in [-0.15, -0.1) is 0 Å². The van der Waals surface area contributed by atoms with Gasteiger partial charge in [-0.2, -0.15) is 0 Å².